The van der Waals surface area contributed by atoms with Gasteiger partial charge in [-0.3, -0.25) is 0 Å². The minimum Gasteiger partial charge on any atom is -0.319 e. The first-order valence-corrected chi connectivity index (χ1v) is 11.7. The maximum absolute atomic E-state index is 11.8. The Kier molecular flexibility index (Phi) is 6.41. The molecule has 0 unspecified atom stereocenters. The van der Waals surface area contributed by atoms with Crippen LogP contribution in [0.15, 0.2) is 69.3 Å². The normalized spacial score (nSPS) is 11.7. The van der Waals surface area contributed by atoms with Crippen LogP contribution < -0.4 is 4.72 Å². The summed E-state index contributed by atoms with van der Waals surface area (Å²) in [7, 11) is -1.99. The molecule has 3 rings (SSSR count). The third kappa shape index (κ3) is 4.63. The predicted molar refractivity (Wildman–Crippen MR) is 113 cm³/mol. The van der Waals surface area contributed by atoms with Gasteiger partial charge in [-0.25, -0.2) is 18.1 Å². The first-order valence-electron chi connectivity index (χ1n) is 8.41. The average molecular weight is 466 g/mol. The largest absolute Gasteiger partial charge is 0.319 e. The first-order chi connectivity index (χ1) is 12.9. The Bertz CT molecular complexity index is 1010. The first kappa shape index (κ1) is 20.1. The van der Waals surface area contributed by atoms with E-state index in [1.54, 1.807) is 23.9 Å². The highest BCUT2D eigenvalue weighted by molar-refractivity contribution is 9.10. The highest BCUT2D eigenvalue weighted by Crippen LogP contribution is 2.29. The lowest BCUT2D eigenvalue weighted by Gasteiger charge is -2.10. The van der Waals surface area contributed by atoms with Gasteiger partial charge in [-0.2, -0.15) is 0 Å². The molecule has 1 N–H and O–H groups in total. The highest BCUT2D eigenvalue weighted by Gasteiger charge is 2.13. The molecule has 0 aliphatic heterocycles. The molecule has 3 aromatic rings. The van der Waals surface area contributed by atoms with Crippen molar-refractivity contribution in [3.8, 4) is 11.3 Å². The molecule has 27 heavy (non-hydrogen) atoms. The summed E-state index contributed by atoms with van der Waals surface area (Å²) in [6.45, 7) is 2.93. The number of nitrogens with one attached hydrogen (secondary N) is 1. The van der Waals surface area contributed by atoms with Crippen LogP contribution in [-0.4, -0.2) is 25.0 Å². The summed E-state index contributed by atoms with van der Waals surface area (Å²) >= 11 is 5.10. The van der Waals surface area contributed by atoms with E-state index in [0.29, 0.717) is 0 Å². The quantitative estimate of drug-likeness (QED) is 0.520. The Morgan fingerprint density at radius 2 is 1.78 bits per heavy atom. The van der Waals surface area contributed by atoms with E-state index >= 15 is 0 Å². The van der Waals surface area contributed by atoms with Gasteiger partial charge in [0.25, 0.3) is 0 Å². The van der Waals surface area contributed by atoms with Gasteiger partial charge in [0.05, 0.1) is 16.8 Å². The third-order valence-electron chi connectivity index (χ3n) is 4.15. The minimum atomic E-state index is -3.40. The molecule has 142 valence electrons. The average Bonchev–Trinajstić information content (AvgIpc) is 3.10. The molecule has 0 bridgehead atoms. The fraction of sp³-hybridized carbons (Fsp3) is 0.211. The summed E-state index contributed by atoms with van der Waals surface area (Å²) < 4.78 is 29.2. The van der Waals surface area contributed by atoms with Crippen molar-refractivity contribution in [2.45, 2.75) is 29.3 Å². The van der Waals surface area contributed by atoms with Crippen LogP contribution in [0.2, 0.25) is 0 Å². The van der Waals surface area contributed by atoms with Crippen LogP contribution in [0.25, 0.3) is 11.3 Å². The number of imidazole rings is 1. The Balaban J connectivity index is 1.76. The maximum atomic E-state index is 11.8. The fourth-order valence-corrected chi connectivity index (χ4v) is 4.65. The van der Waals surface area contributed by atoms with Gasteiger partial charge in [0.2, 0.25) is 10.0 Å². The van der Waals surface area contributed by atoms with Crippen molar-refractivity contribution >= 4 is 37.7 Å². The summed E-state index contributed by atoms with van der Waals surface area (Å²) in [6, 6.07) is 15.1. The predicted octanol–water partition coefficient (Wildman–Crippen LogP) is 4.53. The standard InChI is InChI=1S/C19H20BrN3O2S2/c1-3-23-18(15-6-8-16(20)9-7-15)12-22-19(23)26-13-14-4-10-17(11-5-14)27(24,25)21-2/h4-12,21H,3,13H2,1-2H3. The van der Waals surface area contributed by atoms with Gasteiger partial charge in [0, 0.05) is 16.8 Å². The molecule has 0 fully saturated rings. The molecule has 0 aliphatic rings. The van der Waals surface area contributed by atoms with E-state index in [0.717, 1.165) is 38.7 Å². The van der Waals surface area contributed by atoms with E-state index in [9.17, 15) is 8.42 Å². The highest BCUT2D eigenvalue weighted by atomic mass is 79.9. The monoisotopic (exact) mass is 465 g/mol. The second kappa shape index (κ2) is 8.60. The zero-order valence-corrected chi connectivity index (χ0v) is 18.2. The Morgan fingerprint density at radius 3 is 2.37 bits per heavy atom. The van der Waals surface area contributed by atoms with Gasteiger partial charge in [-0.1, -0.05) is 52.0 Å². The molecule has 1 aromatic heterocycles. The number of thioether (sulfide) groups is 1. The Morgan fingerprint density at radius 1 is 1.11 bits per heavy atom. The van der Waals surface area contributed by atoms with Crippen LogP contribution in [0.1, 0.15) is 12.5 Å². The fourth-order valence-electron chi connectivity index (χ4n) is 2.66. The maximum Gasteiger partial charge on any atom is 0.240 e. The number of hydrogen-bond donors (Lipinski definition) is 1. The van der Waals surface area contributed by atoms with Crippen molar-refractivity contribution in [3.05, 3.63) is 64.8 Å². The van der Waals surface area contributed by atoms with Crippen LogP contribution in [0.4, 0.5) is 0 Å². The van der Waals surface area contributed by atoms with Gasteiger partial charge < -0.3 is 4.57 Å². The van der Waals surface area contributed by atoms with E-state index in [-0.39, 0.29) is 4.90 Å². The second-order valence-corrected chi connectivity index (χ2v) is 9.56. The number of sulfonamides is 1. The van der Waals surface area contributed by atoms with E-state index in [1.165, 1.54) is 7.05 Å². The van der Waals surface area contributed by atoms with E-state index in [4.69, 9.17) is 0 Å². The lowest BCUT2D eigenvalue weighted by Crippen LogP contribution is -2.18. The van der Waals surface area contributed by atoms with E-state index in [1.807, 2.05) is 30.5 Å². The summed E-state index contributed by atoms with van der Waals surface area (Å²) in [5.41, 5.74) is 3.26. The van der Waals surface area contributed by atoms with Crippen molar-refractivity contribution < 1.29 is 8.42 Å². The van der Waals surface area contributed by atoms with Crippen LogP contribution in [0, 0.1) is 0 Å². The van der Waals surface area contributed by atoms with Gasteiger partial charge in [0.15, 0.2) is 5.16 Å². The number of aromatic nitrogens is 2. The Labute approximate surface area is 172 Å². The van der Waals surface area contributed by atoms with Gasteiger partial charge in [-0.15, -0.1) is 0 Å². The number of rotatable bonds is 7. The lowest BCUT2D eigenvalue weighted by molar-refractivity contribution is 0.588. The lowest BCUT2D eigenvalue weighted by atomic mass is 10.2. The molecule has 1 heterocycles. The summed E-state index contributed by atoms with van der Waals surface area (Å²) in [5, 5.41) is 0.947. The number of benzene rings is 2. The molecule has 0 spiro atoms. The molecule has 8 heteroatoms. The second-order valence-electron chi connectivity index (χ2n) is 5.82. The van der Waals surface area contributed by atoms with Crippen LogP contribution in [0.5, 0.6) is 0 Å². The van der Waals surface area contributed by atoms with E-state index < -0.39 is 10.0 Å². The minimum absolute atomic E-state index is 0.270. The zero-order valence-electron chi connectivity index (χ0n) is 15.0. The molecule has 0 atom stereocenters. The molecular weight excluding hydrogens is 446 g/mol. The van der Waals surface area contributed by atoms with E-state index in [2.05, 4.69) is 49.3 Å². The SMILES string of the molecule is CCn1c(-c2ccc(Br)cc2)cnc1SCc1ccc(S(=O)(=O)NC)cc1. The van der Waals surface area contributed by atoms with Crippen molar-refractivity contribution in [2.24, 2.45) is 0 Å². The van der Waals surface area contributed by atoms with Crippen molar-refractivity contribution in [3.63, 3.8) is 0 Å². The smallest absolute Gasteiger partial charge is 0.240 e. The molecule has 5 nitrogen and oxygen atoms in total. The topological polar surface area (TPSA) is 64.0 Å². The van der Waals surface area contributed by atoms with Crippen LogP contribution >= 0.6 is 27.7 Å². The van der Waals surface area contributed by atoms with Gasteiger partial charge >= 0.3 is 0 Å². The van der Waals surface area contributed by atoms with Crippen LogP contribution in [0.3, 0.4) is 0 Å². The summed E-state index contributed by atoms with van der Waals surface area (Å²) in [6.07, 6.45) is 1.90. The van der Waals surface area contributed by atoms with Crippen LogP contribution in [-0.2, 0) is 22.3 Å². The number of nitrogens with zero attached hydrogens (tertiary/aromatic N) is 2. The summed E-state index contributed by atoms with van der Waals surface area (Å²) in [5.74, 6) is 0.719. The summed E-state index contributed by atoms with van der Waals surface area (Å²) in [4.78, 5) is 4.85. The molecule has 0 aliphatic carbocycles. The molecule has 0 saturated carbocycles. The number of hydrogen-bond acceptors (Lipinski definition) is 4. The Hall–Kier alpha value is -1.61. The molecular formula is C19H20BrN3O2S2. The molecule has 0 radical (unpaired) electrons. The van der Waals surface area contributed by atoms with Crippen molar-refractivity contribution in [1.82, 2.24) is 14.3 Å². The van der Waals surface area contributed by atoms with Crippen molar-refractivity contribution in [2.75, 3.05) is 7.05 Å². The zero-order chi connectivity index (χ0) is 19.4. The molecule has 0 amide bonds. The molecule has 2 aromatic carbocycles. The van der Waals surface area contributed by atoms with Gasteiger partial charge in [-0.05, 0) is 49.4 Å². The number of halogens is 1. The van der Waals surface area contributed by atoms with Crippen molar-refractivity contribution in [1.29, 1.82) is 0 Å². The van der Waals surface area contributed by atoms with Gasteiger partial charge in [0.1, 0.15) is 0 Å². The molecule has 0 saturated heterocycles. The third-order valence-corrected chi connectivity index (χ3v) is 7.17.